The maximum absolute atomic E-state index is 12.7. The Labute approximate surface area is 141 Å². The van der Waals surface area contributed by atoms with Gasteiger partial charge in [0.15, 0.2) is 0 Å². The number of hydrogen-bond acceptors (Lipinski definition) is 6. The van der Waals surface area contributed by atoms with E-state index in [9.17, 15) is 18.0 Å². The Morgan fingerprint density at radius 1 is 1.29 bits per heavy atom. The standard InChI is InChI=1S/C15H20N2O6S/c1-4-23-14(18)6-5-9-17-15(19)16(2)12-10-11(22-3)7-8-13(12)24(17,20)21/h7-8,10H,4-6,9H2,1-3H3. The Kier molecular flexibility index (Phi) is 5.33. The van der Waals surface area contributed by atoms with Crippen LogP contribution in [0.2, 0.25) is 0 Å². The lowest BCUT2D eigenvalue weighted by molar-refractivity contribution is -0.143. The van der Waals surface area contributed by atoms with Crippen LogP contribution in [0.4, 0.5) is 10.5 Å². The molecule has 2 rings (SSSR count). The van der Waals surface area contributed by atoms with Gasteiger partial charge in [0.25, 0.3) is 10.0 Å². The Morgan fingerprint density at radius 2 is 2.00 bits per heavy atom. The van der Waals surface area contributed by atoms with E-state index < -0.39 is 22.0 Å². The van der Waals surface area contributed by atoms with E-state index in [0.717, 1.165) is 4.31 Å². The summed E-state index contributed by atoms with van der Waals surface area (Å²) in [5.74, 6) is 0.0391. The van der Waals surface area contributed by atoms with E-state index in [-0.39, 0.29) is 36.6 Å². The molecule has 9 heteroatoms. The number of carbonyl (C=O) groups is 2. The van der Waals surface area contributed by atoms with Crippen molar-refractivity contribution >= 4 is 27.7 Å². The highest BCUT2D eigenvalue weighted by Crippen LogP contribution is 2.36. The van der Waals surface area contributed by atoms with Crippen LogP contribution in [0, 0.1) is 0 Å². The monoisotopic (exact) mass is 356 g/mol. The van der Waals surface area contributed by atoms with Crippen LogP contribution in [-0.4, -0.2) is 52.0 Å². The van der Waals surface area contributed by atoms with Gasteiger partial charge in [0.05, 0.1) is 19.4 Å². The second kappa shape index (κ2) is 7.08. The normalized spacial score (nSPS) is 15.9. The van der Waals surface area contributed by atoms with Crippen LogP contribution in [0.3, 0.4) is 0 Å². The van der Waals surface area contributed by atoms with Crippen LogP contribution >= 0.6 is 0 Å². The Morgan fingerprint density at radius 3 is 2.62 bits per heavy atom. The van der Waals surface area contributed by atoms with Crippen LogP contribution < -0.4 is 9.64 Å². The van der Waals surface area contributed by atoms with Crippen molar-refractivity contribution in [2.75, 3.05) is 32.2 Å². The van der Waals surface area contributed by atoms with Crippen molar-refractivity contribution in [1.82, 2.24) is 4.31 Å². The van der Waals surface area contributed by atoms with Crippen molar-refractivity contribution in [3.8, 4) is 5.75 Å². The number of anilines is 1. The molecular weight excluding hydrogens is 336 g/mol. The fourth-order valence-electron chi connectivity index (χ4n) is 2.41. The molecule has 1 aliphatic heterocycles. The van der Waals surface area contributed by atoms with E-state index >= 15 is 0 Å². The quantitative estimate of drug-likeness (QED) is 0.719. The van der Waals surface area contributed by atoms with Crippen molar-refractivity contribution in [1.29, 1.82) is 0 Å². The second-order valence-corrected chi connectivity index (χ2v) is 6.99. The lowest BCUT2D eigenvalue weighted by Crippen LogP contribution is -2.49. The number of amides is 2. The summed E-state index contributed by atoms with van der Waals surface area (Å²) in [6, 6.07) is 3.77. The molecule has 0 N–H and O–H groups in total. The van der Waals surface area contributed by atoms with Crippen LogP contribution in [0.5, 0.6) is 5.75 Å². The molecule has 132 valence electrons. The zero-order chi connectivity index (χ0) is 17.9. The molecule has 0 unspecified atom stereocenters. The predicted octanol–water partition coefficient (Wildman–Crippen LogP) is 1.60. The number of carbonyl (C=O) groups excluding carboxylic acids is 2. The lowest BCUT2D eigenvalue weighted by atomic mass is 10.2. The first-order chi connectivity index (χ1) is 11.3. The van der Waals surface area contributed by atoms with E-state index in [1.54, 1.807) is 6.92 Å². The van der Waals surface area contributed by atoms with Crippen molar-refractivity contribution in [2.24, 2.45) is 0 Å². The summed E-state index contributed by atoms with van der Waals surface area (Å²) in [5, 5.41) is 0. The van der Waals surface area contributed by atoms with E-state index in [2.05, 4.69) is 0 Å². The maximum atomic E-state index is 12.7. The molecule has 0 spiro atoms. The number of sulfonamides is 1. The summed E-state index contributed by atoms with van der Waals surface area (Å²) >= 11 is 0. The Hall–Kier alpha value is -2.29. The molecule has 0 saturated heterocycles. The van der Waals surface area contributed by atoms with Crippen molar-refractivity contribution < 1.29 is 27.5 Å². The van der Waals surface area contributed by atoms with Crippen molar-refractivity contribution in [2.45, 2.75) is 24.7 Å². The third kappa shape index (κ3) is 3.30. The number of esters is 1. The molecule has 1 heterocycles. The van der Waals surface area contributed by atoms with Crippen LogP contribution in [0.15, 0.2) is 23.1 Å². The Bertz CT molecular complexity index is 746. The maximum Gasteiger partial charge on any atom is 0.338 e. The topological polar surface area (TPSA) is 93.2 Å². The first kappa shape index (κ1) is 18.1. The minimum Gasteiger partial charge on any atom is -0.497 e. The van der Waals surface area contributed by atoms with Gasteiger partial charge in [0, 0.05) is 26.1 Å². The highest BCUT2D eigenvalue weighted by Gasteiger charge is 2.39. The first-order valence-corrected chi connectivity index (χ1v) is 8.91. The zero-order valence-electron chi connectivity index (χ0n) is 13.8. The molecule has 0 aromatic heterocycles. The summed E-state index contributed by atoms with van der Waals surface area (Å²) in [5.41, 5.74) is 0.265. The number of methoxy groups -OCH3 is 1. The van der Waals surface area contributed by atoms with E-state index in [1.165, 1.54) is 37.3 Å². The molecule has 0 bridgehead atoms. The summed E-state index contributed by atoms with van der Waals surface area (Å²) in [6.07, 6.45) is 0.245. The second-order valence-electron chi connectivity index (χ2n) is 5.16. The summed E-state index contributed by atoms with van der Waals surface area (Å²) < 4.78 is 36.0. The van der Waals surface area contributed by atoms with Crippen LogP contribution in [0.1, 0.15) is 19.8 Å². The number of ether oxygens (including phenoxy) is 2. The fraction of sp³-hybridized carbons (Fsp3) is 0.467. The predicted molar refractivity (Wildman–Crippen MR) is 86.6 cm³/mol. The zero-order valence-corrected chi connectivity index (χ0v) is 14.6. The molecule has 0 radical (unpaired) electrons. The molecule has 2 amide bonds. The summed E-state index contributed by atoms with van der Waals surface area (Å²) in [6.45, 7) is 1.87. The molecule has 0 aliphatic carbocycles. The molecule has 0 atom stereocenters. The number of rotatable bonds is 6. The van der Waals surface area contributed by atoms with Gasteiger partial charge in [-0.1, -0.05) is 0 Å². The van der Waals surface area contributed by atoms with Gasteiger partial charge in [0.2, 0.25) is 0 Å². The van der Waals surface area contributed by atoms with Gasteiger partial charge in [-0.15, -0.1) is 0 Å². The number of nitrogens with zero attached hydrogens (tertiary/aromatic N) is 2. The van der Waals surface area contributed by atoms with Gasteiger partial charge in [0.1, 0.15) is 10.6 Å². The lowest BCUT2D eigenvalue weighted by Gasteiger charge is -2.34. The third-order valence-corrected chi connectivity index (χ3v) is 5.46. The third-order valence-electron chi connectivity index (χ3n) is 3.64. The number of hydrogen-bond donors (Lipinski definition) is 0. The largest absolute Gasteiger partial charge is 0.497 e. The Balaban J connectivity index is 2.25. The van der Waals surface area contributed by atoms with E-state index in [4.69, 9.17) is 9.47 Å². The molecule has 0 saturated carbocycles. The van der Waals surface area contributed by atoms with Gasteiger partial charge in [-0.25, -0.2) is 17.5 Å². The minimum absolute atomic E-state index is 0.0292. The van der Waals surface area contributed by atoms with Crippen molar-refractivity contribution in [3.05, 3.63) is 18.2 Å². The molecule has 1 aromatic carbocycles. The van der Waals surface area contributed by atoms with E-state index in [1.807, 2.05) is 0 Å². The first-order valence-electron chi connectivity index (χ1n) is 7.47. The summed E-state index contributed by atoms with van der Waals surface area (Å²) in [7, 11) is -1.01. The number of urea groups is 1. The molecule has 0 fully saturated rings. The van der Waals surface area contributed by atoms with Crippen molar-refractivity contribution in [3.63, 3.8) is 0 Å². The molecule has 8 nitrogen and oxygen atoms in total. The molecule has 1 aliphatic rings. The highest BCUT2D eigenvalue weighted by molar-refractivity contribution is 7.90. The average molecular weight is 356 g/mol. The van der Waals surface area contributed by atoms with Gasteiger partial charge in [-0.3, -0.25) is 9.69 Å². The fourth-order valence-corrected chi connectivity index (χ4v) is 4.05. The number of fused-ring (bicyclic) bond motifs is 1. The average Bonchev–Trinajstić information content (AvgIpc) is 2.56. The summed E-state index contributed by atoms with van der Waals surface area (Å²) in [4.78, 5) is 25.1. The smallest absolute Gasteiger partial charge is 0.338 e. The highest BCUT2D eigenvalue weighted by atomic mass is 32.2. The molecular formula is C15H20N2O6S. The molecule has 1 aromatic rings. The van der Waals surface area contributed by atoms with Gasteiger partial charge < -0.3 is 9.47 Å². The van der Waals surface area contributed by atoms with Crippen LogP contribution in [0.25, 0.3) is 0 Å². The van der Waals surface area contributed by atoms with E-state index in [0.29, 0.717) is 5.75 Å². The van der Waals surface area contributed by atoms with Gasteiger partial charge in [-0.05, 0) is 25.5 Å². The number of benzene rings is 1. The van der Waals surface area contributed by atoms with Gasteiger partial charge in [-0.2, -0.15) is 0 Å². The molecule has 24 heavy (non-hydrogen) atoms. The van der Waals surface area contributed by atoms with Crippen LogP contribution in [-0.2, 0) is 19.6 Å². The minimum atomic E-state index is -3.97. The SMILES string of the molecule is CCOC(=O)CCCN1C(=O)N(C)c2cc(OC)ccc2S1(=O)=O. The van der Waals surface area contributed by atoms with Gasteiger partial charge >= 0.3 is 12.0 Å².